The summed E-state index contributed by atoms with van der Waals surface area (Å²) in [5, 5.41) is 2.91. The number of benzene rings is 1. The summed E-state index contributed by atoms with van der Waals surface area (Å²) in [6.45, 7) is 1.10. The molecule has 1 aromatic carbocycles. The van der Waals surface area contributed by atoms with Gasteiger partial charge in [-0.1, -0.05) is 6.07 Å². The van der Waals surface area contributed by atoms with Crippen LogP contribution in [-0.4, -0.2) is 31.9 Å². The van der Waals surface area contributed by atoms with Crippen molar-refractivity contribution in [3.05, 3.63) is 29.6 Å². The lowest BCUT2D eigenvalue weighted by atomic mass is 10.2. The predicted octanol–water partition coefficient (Wildman–Crippen LogP) is 2.81. The Morgan fingerprint density at radius 2 is 2.05 bits per heavy atom. The molecule has 124 valence electrons. The normalized spacial score (nSPS) is 11.3. The molecule has 0 aromatic heterocycles. The van der Waals surface area contributed by atoms with Crippen molar-refractivity contribution < 1.29 is 31.8 Å². The standard InChI is InChI=1S/C14H17F4NO3/c1-2-21-13(20)5-6-19-8-10-3-4-12(11(15)7-10)22-9-14(16,17)18/h3-4,7,19H,2,5-6,8-9H2,1H3. The van der Waals surface area contributed by atoms with Crippen molar-refractivity contribution in [3.63, 3.8) is 0 Å². The third-order valence-corrected chi connectivity index (χ3v) is 2.53. The van der Waals surface area contributed by atoms with Crippen LogP contribution in [0, 0.1) is 5.82 Å². The van der Waals surface area contributed by atoms with Gasteiger partial charge in [0.25, 0.3) is 0 Å². The molecule has 0 bridgehead atoms. The second-order valence-corrected chi connectivity index (χ2v) is 4.40. The molecule has 4 nitrogen and oxygen atoms in total. The molecule has 0 saturated heterocycles. The molecule has 0 radical (unpaired) electrons. The van der Waals surface area contributed by atoms with Gasteiger partial charge < -0.3 is 14.8 Å². The highest BCUT2D eigenvalue weighted by molar-refractivity contribution is 5.69. The van der Waals surface area contributed by atoms with Crippen LogP contribution in [0.4, 0.5) is 17.6 Å². The van der Waals surface area contributed by atoms with Crippen LogP contribution in [-0.2, 0) is 16.1 Å². The monoisotopic (exact) mass is 323 g/mol. The second-order valence-electron chi connectivity index (χ2n) is 4.40. The zero-order chi connectivity index (χ0) is 16.6. The largest absolute Gasteiger partial charge is 0.481 e. The van der Waals surface area contributed by atoms with Crippen molar-refractivity contribution in [2.75, 3.05) is 19.8 Å². The van der Waals surface area contributed by atoms with E-state index in [4.69, 9.17) is 4.74 Å². The Balaban J connectivity index is 2.40. The molecule has 8 heteroatoms. The number of ether oxygens (including phenoxy) is 2. The van der Waals surface area contributed by atoms with E-state index in [2.05, 4.69) is 10.1 Å². The topological polar surface area (TPSA) is 47.6 Å². The first-order valence-corrected chi connectivity index (χ1v) is 6.66. The van der Waals surface area contributed by atoms with Crippen LogP contribution in [0.5, 0.6) is 5.75 Å². The summed E-state index contributed by atoms with van der Waals surface area (Å²) in [5.41, 5.74) is 0.528. The minimum atomic E-state index is -4.51. The van der Waals surface area contributed by atoms with E-state index in [-0.39, 0.29) is 18.9 Å². The molecular formula is C14H17F4NO3. The summed E-state index contributed by atoms with van der Waals surface area (Å²) in [5.74, 6) is -1.65. The third-order valence-electron chi connectivity index (χ3n) is 2.53. The van der Waals surface area contributed by atoms with Gasteiger partial charge in [0.15, 0.2) is 18.2 Å². The maximum Gasteiger partial charge on any atom is 0.422 e. The predicted molar refractivity (Wildman–Crippen MR) is 70.9 cm³/mol. The van der Waals surface area contributed by atoms with Crippen LogP contribution < -0.4 is 10.1 Å². The average molecular weight is 323 g/mol. The van der Waals surface area contributed by atoms with E-state index in [1.807, 2.05) is 0 Å². The first-order valence-electron chi connectivity index (χ1n) is 6.66. The van der Waals surface area contributed by atoms with Gasteiger partial charge in [0.2, 0.25) is 0 Å². The minimum Gasteiger partial charge on any atom is -0.481 e. The molecular weight excluding hydrogens is 306 g/mol. The number of rotatable bonds is 8. The maximum atomic E-state index is 13.6. The summed E-state index contributed by atoms with van der Waals surface area (Å²) in [7, 11) is 0. The molecule has 0 atom stereocenters. The minimum absolute atomic E-state index is 0.184. The van der Waals surface area contributed by atoms with Gasteiger partial charge in [-0.3, -0.25) is 4.79 Å². The fourth-order valence-electron chi connectivity index (χ4n) is 1.59. The first kappa shape index (κ1) is 18.2. The highest BCUT2D eigenvalue weighted by Crippen LogP contribution is 2.22. The molecule has 0 spiro atoms. The second kappa shape index (κ2) is 8.57. The molecule has 0 aliphatic rings. The van der Waals surface area contributed by atoms with Gasteiger partial charge in [-0.25, -0.2) is 4.39 Å². The summed E-state index contributed by atoms with van der Waals surface area (Å²) in [4.78, 5) is 11.1. The Morgan fingerprint density at radius 1 is 1.32 bits per heavy atom. The smallest absolute Gasteiger partial charge is 0.422 e. The number of nitrogens with one attached hydrogen (secondary N) is 1. The Bertz CT molecular complexity index is 491. The number of alkyl halides is 3. The lowest BCUT2D eigenvalue weighted by Gasteiger charge is -2.11. The van der Waals surface area contributed by atoms with Crippen LogP contribution in [0.15, 0.2) is 18.2 Å². The van der Waals surface area contributed by atoms with E-state index in [1.54, 1.807) is 6.92 Å². The van der Waals surface area contributed by atoms with E-state index in [9.17, 15) is 22.4 Å². The summed E-state index contributed by atoms with van der Waals surface area (Å²) in [6, 6.07) is 3.68. The lowest BCUT2D eigenvalue weighted by Crippen LogP contribution is -2.20. The molecule has 0 aliphatic carbocycles. The molecule has 1 N–H and O–H groups in total. The summed E-state index contributed by atoms with van der Waals surface area (Å²) in [6.07, 6.45) is -4.33. The van der Waals surface area contributed by atoms with Crippen LogP contribution in [0.1, 0.15) is 18.9 Å². The van der Waals surface area contributed by atoms with Gasteiger partial charge in [-0.2, -0.15) is 13.2 Å². The van der Waals surface area contributed by atoms with E-state index >= 15 is 0 Å². The van der Waals surface area contributed by atoms with Crippen LogP contribution >= 0.6 is 0 Å². The molecule has 0 amide bonds. The SMILES string of the molecule is CCOC(=O)CCNCc1ccc(OCC(F)(F)F)c(F)c1. The molecule has 0 saturated carbocycles. The summed E-state index contributed by atoms with van der Waals surface area (Å²) >= 11 is 0. The molecule has 0 unspecified atom stereocenters. The fraction of sp³-hybridized carbons (Fsp3) is 0.500. The Hall–Kier alpha value is -1.83. The Kier molecular flexibility index (Phi) is 7.10. The number of hydrogen-bond donors (Lipinski definition) is 1. The highest BCUT2D eigenvalue weighted by atomic mass is 19.4. The first-order chi connectivity index (χ1) is 10.3. The van der Waals surface area contributed by atoms with Gasteiger partial charge in [0, 0.05) is 13.1 Å². The van der Waals surface area contributed by atoms with Crippen molar-refractivity contribution in [1.29, 1.82) is 0 Å². The quantitative estimate of drug-likeness (QED) is 0.454. The van der Waals surface area contributed by atoms with E-state index in [1.165, 1.54) is 6.07 Å². The van der Waals surface area contributed by atoms with Gasteiger partial charge in [-0.15, -0.1) is 0 Å². The molecule has 1 rings (SSSR count). The van der Waals surface area contributed by atoms with Gasteiger partial charge in [-0.05, 0) is 24.6 Å². The van der Waals surface area contributed by atoms with Crippen molar-refractivity contribution in [1.82, 2.24) is 5.32 Å². The van der Waals surface area contributed by atoms with Crippen molar-refractivity contribution >= 4 is 5.97 Å². The van der Waals surface area contributed by atoms with E-state index in [0.717, 1.165) is 12.1 Å². The molecule has 0 heterocycles. The molecule has 0 fully saturated rings. The number of esters is 1. The zero-order valence-corrected chi connectivity index (χ0v) is 12.0. The van der Waals surface area contributed by atoms with E-state index in [0.29, 0.717) is 18.7 Å². The molecule has 22 heavy (non-hydrogen) atoms. The van der Waals surface area contributed by atoms with E-state index < -0.39 is 24.3 Å². The van der Waals surface area contributed by atoms with Crippen LogP contribution in [0.2, 0.25) is 0 Å². The van der Waals surface area contributed by atoms with Gasteiger partial charge >= 0.3 is 12.1 Å². The number of carbonyl (C=O) groups excluding carboxylic acids is 1. The fourth-order valence-corrected chi connectivity index (χ4v) is 1.59. The number of carbonyl (C=O) groups is 1. The van der Waals surface area contributed by atoms with Gasteiger partial charge in [0.05, 0.1) is 13.0 Å². The average Bonchev–Trinajstić information content (AvgIpc) is 2.42. The highest BCUT2D eigenvalue weighted by Gasteiger charge is 2.28. The van der Waals surface area contributed by atoms with Crippen molar-refractivity contribution in [3.8, 4) is 5.75 Å². The number of hydrogen-bond acceptors (Lipinski definition) is 4. The van der Waals surface area contributed by atoms with Crippen LogP contribution in [0.25, 0.3) is 0 Å². The number of halogens is 4. The lowest BCUT2D eigenvalue weighted by molar-refractivity contribution is -0.153. The van der Waals surface area contributed by atoms with Crippen LogP contribution in [0.3, 0.4) is 0 Å². The van der Waals surface area contributed by atoms with Crippen molar-refractivity contribution in [2.45, 2.75) is 26.1 Å². The summed E-state index contributed by atoms with van der Waals surface area (Å²) < 4.78 is 58.6. The zero-order valence-electron chi connectivity index (χ0n) is 12.0. The third kappa shape index (κ3) is 7.26. The Morgan fingerprint density at radius 3 is 2.64 bits per heavy atom. The van der Waals surface area contributed by atoms with Gasteiger partial charge in [0.1, 0.15) is 0 Å². The molecule has 0 aliphatic heterocycles. The van der Waals surface area contributed by atoms with Crippen molar-refractivity contribution in [2.24, 2.45) is 0 Å². The maximum absolute atomic E-state index is 13.6. The molecule has 1 aromatic rings. The Labute approximate surface area is 125 Å².